The minimum absolute atomic E-state index is 0.549. The van der Waals surface area contributed by atoms with Crippen molar-refractivity contribution in [1.82, 2.24) is 14.9 Å². The Morgan fingerprint density at radius 3 is 2.50 bits per heavy atom. The van der Waals surface area contributed by atoms with Gasteiger partial charge in [0.1, 0.15) is 11.6 Å². The molecule has 2 aliphatic heterocycles. The lowest BCUT2D eigenvalue weighted by Crippen LogP contribution is -2.47. The van der Waals surface area contributed by atoms with Gasteiger partial charge in [0.05, 0.1) is 19.3 Å². The van der Waals surface area contributed by atoms with E-state index in [0.29, 0.717) is 19.8 Å². The smallest absolute Gasteiger partial charge is 0.161 e. The van der Waals surface area contributed by atoms with Gasteiger partial charge in [0.15, 0.2) is 11.5 Å². The lowest BCUT2D eigenvalue weighted by molar-refractivity contribution is 0.109. The molecule has 0 radical (unpaired) electrons. The van der Waals surface area contributed by atoms with Gasteiger partial charge in [-0.3, -0.25) is 4.90 Å². The van der Waals surface area contributed by atoms with E-state index >= 15 is 0 Å². The fourth-order valence-electron chi connectivity index (χ4n) is 3.76. The van der Waals surface area contributed by atoms with Gasteiger partial charge >= 0.3 is 0 Å². The zero-order valence-electron chi connectivity index (χ0n) is 16.6. The van der Waals surface area contributed by atoms with E-state index in [4.69, 9.17) is 9.47 Å². The van der Waals surface area contributed by atoms with E-state index in [1.54, 1.807) is 0 Å². The van der Waals surface area contributed by atoms with Crippen LogP contribution in [0.15, 0.2) is 24.3 Å². The normalized spacial score (nSPS) is 18.6. The molecule has 0 unspecified atom stereocenters. The first-order chi connectivity index (χ1) is 13.6. The lowest BCUT2D eigenvalue weighted by atomic mass is 10.1. The summed E-state index contributed by atoms with van der Waals surface area (Å²) >= 11 is 0. The zero-order valence-corrected chi connectivity index (χ0v) is 16.6. The van der Waals surface area contributed by atoms with Crippen LogP contribution in [-0.2, 0) is 0 Å². The number of aromatic nitrogens is 2. The molecule has 3 heterocycles. The lowest BCUT2D eigenvalue weighted by Gasteiger charge is -2.36. The van der Waals surface area contributed by atoms with Crippen LogP contribution in [0.3, 0.4) is 0 Å². The number of fused-ring (bicyclic) bond motifs is 1. The van der Waals surface area contributed by atoms with Gasteiger partial charge in [0.2, 0.25) is 0 Å². The van der Waals surface area contributed by atoms with Crippen molar-refractivity contribution < 1.29 is 14.6 Å². The van der Waals surface area contributed by atoms with Crippen molar-refractivity contribution in [3.8, 4) is 11.5 Å². The second-order valence-corrected chi connectivity index (χ2v) is 7.47. The van der Waals surface area contributed by atoms with E-state index in [-0.39, 0.29) is 0 Å². The van der Waals surface area contributed by atoms with E-state index in [9.17, 15) is 5.11 Å². The summed E-state index contributed by atoms with van der Waals surface area (Å²) < 4.78 is 11.4. The SMILES string of the molecule is Cc1cc(N2CCN(C[C@@H](O)c3ccc4c(c3)OCCCO4)CC2)nc(C)n1. The highest BCUT2D eigenvalue weighted by Gasteiger charge is 2.22. The maximum absolute atomic E-state index is 10.7. The maximum Gasteiger partial charge on any atom is 0.161 e. The Morgan fingerprint density at radius 1 is 1.00 bits per heavy atom. The zero-order chi connectivity index (χ0) is 19.5. The first-order valence-corrected chi connectivity index (χ1v) is 9.96. The highest BCUT2D eigenvalue weighted by molar-refractivity contribution is 5.44. The molecule has 0 spiro atoms. The molecule has 7 nitrogen and oxygen atoms in total. The van der Waals surface area contributed by atoms with Crippen LogP contribution in [0.2, 0.25) is 0 Å². The summed E-state index contributed by atoms with van der Waals surface area (Å²) in [4.78, 5) is 13.5. The van der Waals surface area contributed by atoms with Crippen LogP contribution in [0.1, 0.15) is 29.6 Å². The first kappa shape index (κ1) is 19.0. The summed E-state index contributed by atoms with van der Waals surface area (Å²) in [6, 6.07) is 7.78. The van der Waals surface area contributed by atoms with Crippen molar-refractivity contribution in [1.29, 1.82) is 0 Å². The highest BCUT2D eigenvalue weighted by atomic mass is 16.5. The van der Waals surface area contributed by atoms with Crippen molar-refractivity contribution in [3.63, 3.8) is 0 Å². The molecule has 1 aromatic carbocycles. The predicted octanol–water partition coefficient (Wildman–Crippen LogP) is 2.11. The van der Waals surface area contributed by atoms with Gasteiger partial charge in [-0.25, -0.2) is 9.97 Å². The molecule has 7 heteroatoms. The number of aryl methyl sites for hydroxylation is 2. The van der Waals surface area contributed by atoms with Gasteiger partial charge in [-0.15, -0.1) is 0 Å². The van der Waals surface area contributed by atoms with Gasteiger partial charge in [-0.05, 0) is 31.5 Å². The monoisotopic (exact) mass is 384 g/mol. The van der Waals surface area contributed by atoms with Crippen LogP contribution < -0.4 is 14.4 Å². The third-order valence-corrected chi connectivity index (χ3v) is 5.24. The predicted molar refractivity (Wildman–Crippen MR) is 107 cm³/mol. The Balaban J connectivity index is 1.35. The standard InChI is InChI=1S/C21H28N4O3/c1-15-12-21(23-16(2)22-15)25-8-6-24(7-9-25)14-18(26)17-4-5-19-20(13-17)28-11-3-10-27-19/h4-5,12-13,18,26H,3,6-11,14H2,1-2H3/t18-/m1/s1. The summed E-state index contributed by atoms with van der Waals surface area (Å²) in [5.41, 5.74) is 1.86. The van der Waals surface area contributed by atoms with Crippen LogP contribution >= 0.6 is 0 Å². The number of aliphatic hydroxyl groups is 1. The summed E-state index contributed by atoms with van der Waals surface area (Å²) in [6.07, 6.45) is 0.328. The molecule has 1 fully saturated rings. The Hall–Kier alpha value is -2.38. The van der Waals surface area contributed by atoms with Gasteiger partial charge in [0.25, 0.3) is 0 Å². The summed E-state index contributed by atoms with van der Waals surface area (Å²) in [7, 11) is 0. The quantitative estimate of drug-likeness (QED) is 0.866. The van der Waals surface area contributed by atoms with Gasteiger partial charge < -0.3 is 19.5 Å². The Bertz CT molecular complexity index is 801. The van der Waals surface area contributed by atoms with Crippen molar-refractivity contribution in [2.45, 2.75) is 26.4 Å². The van der Waals surface area contributed by atoms with Crippen LogP contribution in [0.4, 0.5) is 5.82 Å². The number of aliphatic hydroxyl groups excluding tert-OH is 1. The molecule has 0 aliphatic carbocycles. The van der Waals surface area contributed by atoms with Crippen LogP contribution in [0.25, 0.3) is 0 Å². The van der Waals surface area contributed by atoms with Crippen LogP contribution in [-0.4, -0.2) is 65.9 Å². The van der Waals surface area contributed by atoms with Crippen LogP contribution in [0, 0.1) is 13.8 Å². The number of ether oxygens (including phenoxy) is 2. The Labute approximate surface area is 165 Å². The summed E-state index contributed by atoms with van der Waals surface area (Å²) in [5, 5.41) is 10.7. The fraction of sp³-hybridized carbons (Fsp3) is 0.524. The molecular weight excluding hydrogens is 356 g/mol. The molecular formula is C21H28N4O3. The van der Waals surface area contributed by atoms with Gasteiger partial charge in [-0.1, -0.05) is 6.07 Å². The minimum Gasteiger partial charge on any atom is -0.490 e. The van der Waals surface area contributed by atoms with Gasteiger partial charge in [0, 0.05) is 50.9 Å². The largest absolute Gasteiger partial charge is 0.490 e. The number of piperazine rings is 1. The van der Waals surface area contributed by atoms with Gasteiger partial charge in [-0.2, -0.15) is 0 Å². The van der Waals surface area contributed by atoms with Crippen molar-refractivity contribution >= 4 is 5.82 Å². The van der Waals surface area contributed by atoms with E-state index in [1.807, 2.05) is 38.1 Å². The summed E-state index contributed by atoms with van der Waals surface area (Å²) in [5.74, 6) is 3.29. The number of rotatable bonds is 4. The molecule has 0 bridgehead atoms. The average molecular weight is 384 g/mol. The number of hydrogen-bond donors (Lipinski definition) is 1. The number of anilines is 1. The second-order valence-electron chi connectivity index (χ2n) is 7.47. The molecule has 0 saturated carbocycles. The van der Waals surface area contributed by atoms with Crippen molar-refractivity contribution in [2.24, 2.45) is 0 Å². The topological polar surface area (TPSA) is 71.0 Å². The molecule has 2 aromatic rings. The number of benzene rings is 1. The Kier molecular flexibility index (Phi) is 5.64. The van der Waals surface area contributed by atoms with Crippen molar-refractivity contribution in [3.05, 3.63) is 41.3 Å². The molecule has 150 valence electrons. The summed E-state index contributed by atoms with van der Waals surface area (Å²) in [6.45, 7) is 9.43. The van der Waals surface area contributed by atoms with E-state index in [1.165, 1.54) is 0 Å². The molecule has 1 atom stereocenters. The highest BCUT2D eigenvalue weighted by Crippen LogP contribution is 2.32. The second kappa shape index (κ2) is 8.32. The minimum atomic E-state index is -0.549. The third kappa shape index (κ3) is 4.36. The Morgan fingerprint density at radius 2 is 1.75 bits per heavy atom. The molecule has 4 rings (SSSR count). The van der Waals surface area contributed by atoms with Crippen LogP contribution in [0.5, 0.6) is 11.5 Å². The molecule has 1 N–H and O–H groups in total. The van der Waals surface area contributed by atoms with E-state index in [0.717, 1.165) is 67.0 Å². The fourth-order valence-corrected chi connectivity index (χ4v) is 3.76. The van der Waals surface area contributed by atoms with E-state index in [2.05, 4.69) is 19.8 Å². The number of β-amino-alcohol motifs (C(OH)–C–C–N with tert-alkyl or cyclic N) is 1. The third-order valence-electron chi connectivity index (χ3n) is 5.24. The molecule has 1 saturated heterocycles. The number of hydrogen-bond acceptors (Lipinski definition) is 7. The molecule has 0 amide bonds. The maximum atomic E-state index is 10.7. The molecule has 1 aromatic heterocycles. The molecule has 28 heavy (non-hydrogen) atoms. The number of nitrogens with zero attached hydrogens (tertiary/aromatic N) is 4. The van der Waals surface area contributed by atoms with E-state index < -0.39 is 6.10 Å². The van der Waals surface area contributed by atoms with Crippen molar-refractivity contribution in [2.75, 3.05) is 50.8 Å². The first-order valence-electron chi connectivity index (χ1n) is 9.96. The molecule has 2 aliphatic rings. The average Bonchev–Trinajstić information content (AvgIpc) is 2.92.